The van der Waals surface area contributed by atoms with E-state index in [4.69, 9.17) is 5.26 Å². The number of benzene rings is 1. The lowest BCUT2D eigenvalue weighted by atomic mass is 10.3. The van der Waals surface area contributed by atoms with Crippen molar-refractivity contribution in [1.29, 1.82) is 5.26 Å². The number of sulfone groups is 1. The maximum atomic E-state index is 12.1. The minimum atomic E-state index is -5.57. The molecule has 0 atom stereocenters. The molecule has 0 spiro atoms. The van der Waals surface area contributed by atoms with Crippen molar-refractivity contribution in [3.63, 3.8) is 0 Å². The third kappa shape index (κ3) is 4.20. The summed E-state index contributed by atoms with van der Waals surface area (Å²) < 4.78 is 82.6. The van der Waals surface area contributed by atoms with E-state index in [9.17, 15) is 30.0 Å². The van der Waals surface area contributed by atoms with Gasteiger partial charge in [0.15, 0.2) is 0 Å². The summed E-state index contributed by atoms with van der Waals surface area (Å²) in [5.74, 6) is 0. The molecule has 0 bridgehead atoms. The molecule has 0 aliphatic carbocycles. The summed E-state index contributed by atoms with van der Waals surface area (Å²) in [4.78, 5) is -0.302. The number of alkyl halides is 3. The molecular formula is C10H7F3N2O4S2. The molecule has 0 aliphatic heterocycles. The predicted octanol–water partition coefficient (Wildman–Crippen LogP) is 1.76. The van der Waals surface area contributed by atoms with Gasteiger partial charge >= 0.3 is 15.5 Å². The SMILES string of the molecule is N#C/C=C/S(=O)(=O)c1ccc(NS(=O)(=O)C(F)(F)F)cc1. The average molecular weight is 340 g/mol. The van der Waals surface area contributed by atoms with E-state index in [1.165, 1.54) is 10.8 Å². The molecule has 0 aromatic heterocycles. The number of sulfonamides is 1. The first-order chi connectivity index (χ1) is 9.49. The molecule has 0 fully saturated rings. The summed E-state index contributed by atoms with van der Waals surface area (Å²) in [6.07, 6.45) is 0.718. The summed E-state index contributed by atoms with van der Waals surface area (Å²) in [5, 5.41) is 8.85. The average Bonchev–Trinajstić information content (AvgIpc) is 2.35. The minimum absolute atomic E-state index is 0.302. The van der Waals surface area contributed by atoms with E-state index >= 15 is 0 Å². The van der Waals surface area contributed by atoms with Crippen LogP contribution in [0.4, 0.5) is 18.9 Å². The van der Waals surface area contributed by atoms with Gasteiger partial charge in [0.2, 0.25) is 9.84 Å². The second-order valence-electron chi connectivity index (χ2n) is 3.55. The molecule has 114 valence electrons. The van der Waals surface area contributed by atoms with E-state index in [0.29, 0.717) is 5.41 Å². The molecule has 0 unspecified atom stereocenters. The Kier molecular flexibility index (Phi) is 4.65. The number of nitrogens with zero attached hydrogens (tertiary/aromatic N) is 1. The largest absolute Gasteiger partial charge is 0.516 e. The number of rotatable bonds is 4. The van der Waals surface area contributed by atoms with Crippen LogP contribution in [0.3, 0.4) is 0 Å². The molecule has 1 aromatic rings. The van der Waals surface area contributed by atoms with E-state index < -0.39 is 31.1 Å². The van der Waals surface area contributed by atoms with Gasteiger partial charge in [-0.2, -0.15) is 26.9 Å². The summed E-state index contributed by atoms with van der Waals surface area (Å²) in [6, 6.07) is 5.01. The number of hydrogen-bond donors (Lipinski definition) is 1. The Morgan fingerprint density at radius 1 is 1.10 bits per heavy atom. The Labute approximate surface area is 118 Å². The molecule has 11 heteroatoms. The summed E-state index contributed by atoms with van der Waals surface area (Å²) in [6.45, 7) is 0. The topological polar surface area (TPSA) is 104 Å². The van der Waals surface area contributed by atoms with Crippen LogP contribution in [0.25, 0.3) is 0 Å². The second-order valence-corrected chi connectivity index (χ2v) is 7.06. The van der Waals surface area contributed by atoms with Gasteiger partial charge in [-0.15, -0.1) is 0 Å². The lowest BCUT2D eigenvalue weighted by Gasteiger charge is -2.10. The van der Waals surface area contributed by atoms with Gasteiger partial charge in [-0.3, -0.25) is 4.72 Å². The normalized spacial score (nSPS) is 13.0. The van der Waals surface area contributed by atoms with Gasteiger partial charge in [-0.1, -0.05) is 0 Å². The van der Waals surface area contributed by atoms with Crippen molar-refractivity contribution in [2.45, 2.75) is 10.4 Å². The summed E-state index contributed by atoms with van der Waals surface area (Å²) in [5.41, 5.74) is -5.93. The van der Waals surface area contributed by atoms with Gasteiger partial charge in [0.1, 0.15) is 0 Å². The Hall–Kier alpha value is -2.06. The van der Waals surface area contributed by atoms with Crippen LogP contribution < -0.4 is 4.72 Å². The number of anilines is 1. The van der Waals surface area contributed by atoms with Crippen LogP contribution in [-0.4, -0.2) is 22.3 Å². The third-order valence-corrected chi connectivity index (χ3v) is 4.60. The van der Waals surface area contributed by atoms with Crippen molar-refractivity contribution in [3.05, 3.63) is 35.7 Å². The molecule has 0 amide bonds. The standard InChI is InChI=1S/C10H7F3N2O4S2/c11-10(12,13)21(18,19)15-8-2-4-9(5-3-8)20(16,17)7-1-6-14/h1-5,7,15H/b7-1+. The van der Waals surface area contributed by atoms with Gasteiger partial charge < -0.3 is 0 Å². The van der Waals surface area contributed by atoms with Crippen molar-refractivity contribution in [2.24, 2.45) is 0 Å². The zero-order valence-corrected chi connectivity index (χ0v) is 11.6. The monoisotopic (exact) mass is 340 g/mol. The van der Waals surface area contributed by atoms with E-state index in [1.807, 2.05) is 0 Å². The molecule has 6 nitrogen and oxygen atoms in total. The van der Waals surface area contributed by atoms with E-state index in [0.717, 1.165) is 30.3 Å². The first kappa shape index (κ1) is 17.0. The highest BCUT2D eigenvalue weighted by Gasteiger charge is 2.46. The molecular weight excluding hydrogens is 333 g/mol. The van der Waals surface area contributed by atoms with E-state index in [1.54, 1.807) is 0 Å². The van der Waals surface area contributed by atoms with Gasteiger partial charge in [0.05, 0.1) is 11.0 Å². The Bertz CT molecular complexity index is 788. The molecule has 0 saturated heterocycles. The molecule has 1 aromatic carbocycles. The van der Waals surface area contributed by atoms with Crippen LogP contribution in [0.5, 0.6) is 0 Å². The highest BCUT2D eigenvalue weighted by atomic mass is 32.2. The fraction of sp³-hybridized carbons (Fsp3) is 0.100. The smallest absolute Gasteiger partial charge is 0.276 e. The number of halogens is 3. The van der Waals surface area contributed by atoms with Gasteiger partial charge in [-0.05, 0) is 24.3 Å². The van der Waals surface area contributed by atoms with Crippen LogP contribution in [0, 0.1) is 11.3 Å². The Balaban J connectivity index is 3.06. The van der Waals surface area contributed by atoms with Crippen LogP contribution >= 0.6 is 0 Å². The maximum Gasteiger partial charge on any atom is 0.516 e. The maximum absolute atomic E-state index is 12.1. The third-order valence-electron chi connectivity index (χ3n) is 2.06. The molecule has 1 N–H and O–H groups in total. The first-order valence-corrected chi connectivity index (χ1v) is 8.03. The fourth-order valence-electron chi connectivity index (χ4n) is 1.12. The van der Waals surface area contributed by atoms with Crippen molar-refractivity contribution >= 4 is 25.5 Å². The minimum Gasteiger partial charge on any atom is -0.276 e. The van der Waals surface area contributed by atoms with Gasteiger partial charge in [-0.25, -0.2) is 8.42 Å². The number of allylic oxidation sites excluding steroid dienone is 1. The molecule has 0 heterocycles. The molecule has 0 radical (unpaired) electrons. The van der Waals surface area contributed by atoms with E-state index in [2.05, 4.69) is 0 Å². The first-order valence-electron chi connectivity index (χ1n) is 5.00. The fourth-order valence-corrected chi connectivity index (χ4v) is 2.60. The van der Waals surface area contributed by atoms with Gasteiger partial charge in [0.25, 0.3) is 0 Å². The van der Waals surface area contributed by atoms with Crippen molar-refractivity contribution < 1.29 is 30.0 Å². The predicted molar refractivity (Wildman–Crippen MR) is 67.0 cm³/mol. The highest BCUT2D eigenvalue weighted by molar-refractivity contribution is 7.94. The summed E-state index contributed by atoms with van der Waals surface area (Å²) in [7, 11) is -9.48. The van der Waals surface area contributed by atoms with Crippen LogP contribution in [0.1, 0.15) is 0 Å². The zero-order chi connectivity index (χ0) is 16.3. The van der Waals surface area contributed by atoms with Crippen molar-refractivity contribution in [3.8, 4) is 6.07 Å². The lowest BCUT2D eigenvalue weighted by molar-refractivity contribution is -0.0429. The lowest BCUT2D eigenvalue weighted by Crippen LogP contribution is -2.29. The Morgan fingerprint density at radius 2 is 1.62 bits per heavy atom. The van der Waals surface area contributed by atoms with Crippen molar-refractivity contribution in [1.82, 2.24) is 0 Å². The zero-order valence-electron chi connectivity index (χ0n) is 9.99. The number of hydrogen-bond acceptors (Lipinski definition) is 5. The molecule has 0 aliphatic rings. The summed E-state index contributed by atoms with van der Waals surface area (Å²) >= 11 is 0. The van der Waals surface area contributed by atoms with Crippen molar-refractivity contribution in [2.75, 3.05) is 4.72 Å². The highest BCUT2D eigenvalue weighted by Crippen LogP contribution is 2.26. The van der Waals surface area contributed by atoms with Gasteiger partial charge in [0, 0.05) is 17.2 Å². The molecule has 1 rings (SSSR count). The second kappa shape index (κ2) is 5.74. The molecule has 21 heavy (non-hydrogen) atoms. The number of nitriles is 1. The quantitative estimate of drug-likeness (QED) is 0.841. The van der Waals surface area contributed by atoms with Crippen LogP contribution in [0.15, 0.2) is 40.6 Å². The van der Waals surface area contributed by atoms with Crippen LogP contribution in [0.2, 0.25) is 0 Å². The number of nitrogens with one attached hydrogen (secondary N) is 1. The van der Waals surface area contributed by atoms with Crippen LogP contribution in [-0.2, 0) is 19.9 Å². The van der Waals surface area contributed by atoms with E-state index in [-0.39, 0.29) is 4.90 Å². The molecule has 0 saturated carbocycles. The Morgan fingerprint density at radius 3 is 2.05 bits per heavy atom.